The van der Waals surface area contributed by atoms with Crippen LogP contribution < -0.4 is 5.32 Å². The molecule has 2 bridgehead atoms. The second-order valence-corrected chi connectivity index (χ2v) is 7.51. The van der Waals surface area contributed by atoms with Gasteiger partial charge in [0.25, 0.3) is 5.91 Å². The number of benzene rings is 1. The van der Waals surface area contributed by atoms with Crippen molar-refractivity contribution in [3.8, 4) is 22.6 Å². The molecule has 6 rings (SSSR count). The highest BCUT2D eigenvalue weighted by atomic mass is 16.3. The molecule has 0 aliphatic carbocycles. The minimum atomic E-state index is -0.114. The Morgan fingerprint density at radius 3 is 2.56 bits per heavy atom. The van der Waals surface area contributed by atoms with Gasteiger partial charge in [0, 0.05) is 35.6 Å². The molecule has 2 N–H and O–H groups in total. The summed E-state index contributed by atoms with van der Waals surface area (Å²) in [5.41, 5.74) is 3.06. The SMILES string of the molecule is O=C(NC1CN2CCC1CC2)c1ccc(-c2ccccc2-c2ccc[nH]2)o1. The third-order valence-electron chi connectivity index (χ3n) is 5.88. The van der Waals surface area contributed by atoms with E-state index in [4.69, 9.17) is 4.42 Å². The maximum Gasteiger partial charge on any atom is 0.287 e. The average Bonchev–Trinajstić information content (AvgIpc) is 3.41. The maximum absolute atomic E-state index is 12.7. The van der Waals surface area contributed by atoms with E-state index in [0.29, 0.717) is 17.4 Å². The van der Waals surface area contributed by atoms with E-state index in [-0.39, 0.29) is 11.9 Å². The Labute approximate surface area is 158 Å². The largest absolute Gasteiger partial charge is 0.451 e. The lowest BCUT2D eigenvalue weighted by Gasteiger charge is -2.44. The number of aromatic nitrogens is 1. The number of piperidine rings is 3. The first kappa shape index (κ1) is 16.4. The third-order valence-corrected chi connectivity index (χ3v) is 5.88. The average molecular weight is 361 g/mol. The lowest BCUT2D eigenvalue weighted by Crippen LogP contribution is -2.57. The van der Waals surface area contributed by atoms with Crippen molar-refractivity contribution < 1.29 is 9.21 Å². The monoisotopic (exact) mass is 361 g/mol. The Morgan fingerprint density at radius 1 is 1.04 bits per heavy atom. The fourth-order valence-corrected chi connectivity index (χ4v) is 4.40. The van der Waals surface area contributed by atoms with Crippen molar-refractivity contribution in [3.05, 3.63) is 60.5 Å². The molecule has 138 valence electrons. The van der Waals surface area contributed by atoms with Crippen LogP contribution in [0, 0.1) is 5.92 Å². The van der Waals surface area contributed by atoms with Crippen molar-refractivity contribution in [1.82, 2.24) is 15.2 Å². The summed E-state index contributed by atoms with van der Waals surface area (Å²) in [6.45, 7) is 3.29. The topological polar surface area (TPSA) is 61.3 Å². The highest BCUT2D eigenvalue weighted by Gasteiger charge is 2.35. The first-order valence-corrected chi connectivity index (χ1v) is 9.64. The lowest BCUT2D eigenvalue weighted by atomic mass is 9.84. The number of fused-ring (bicyclic) bond motifs is 3. The minimum Gasteiger partial charge on any atom is -0.451 e. The van der Waals surface area contributed by atoms with Gasteiger partial charge in [-0.05, 0) is 56.1 Å². The van der Waals surface area contributed by atoms with Crippen LogP contribution in [-0.2, 0) is 0 Å². The number of nitrogens with one attached hydrogen (secondary N) is 2. The number of rotatable bonds is 4. The van der Waals surface area contributed by atoms with Crippen LogP contribution in [0.2, 0.25) is 0 Å². The molecule has 0 spiro atoms. The van der Waals surface area contributed by atoms with E-state index < -0.39 is 0 Å². The first-order chi connectivity index (χ1) is 13.3. The van der Waals surface area contributed by atoms with Gasteiger partial charge in [-0.1, -0.05) is 24.3 Å². The summed E-state index contributed by atoms with van der Waals surface area (Å²) in [7, 11) is 0. The number of furan rings is 1. The second-order valence-electron chi connectivity index (χ2n) is 7.51. The number of nitrogens with zero attached hydrogens (tertiary/aromatic N) is 1. The van der Waals surface area contributed by atoms with Crippen molar-refractivity contribution in [3.63, 3.8) is 0 Å². The molecule has 3 saturated heterocycles. The number of carbonyl (C=O) groups excluding carboxylic acids is 1. The van der Waals surface area contributed by atoms with E-state index in [2.05, 4.69) is 21.3 Å². The molecule has 5 heterocycles. The van der Waals surface area contributed by atoms with Crippen LogP contribution in [0.1, 0.15) is 23.4 Å². The summed E-state index contributed by atoms with van der Waals surface area (Å²) in [4.78, 5) is 18.4. The zero-order chi connectivity index (χ0) is 18.2. The molecule has 27 heavy (non-hydrogen) atoms. The smallest absolute Gasteiger partial charge is 0.287 e. The summed E-state index contributed by atoms with van der Waals surface area (Å²) < 4.78 is 5.95. The molecule has 1 atom stereocenters. The number of carbonyl (C=O) groups is 1. The predicted octanol–water partition coefficient (Wildman–Crippen LogP) is 3.77. The molecule has 0 radical (unpaired) electrons. The van der Waals surface area contributed by atoms with E-state index >= 15 is 0 Å². The second kappa shape index (κ2) is 6.74. The van der Waals surface area contributed by atoms with Crippen molar-refractivity contribution in [2.24, 2.45) is 5.92 Å². The molecule has 5 heteroatoms. The molecule has 5 nitrogen and oxygen atoms in total. The van der Waals surface area contributed by atoms with Crippen LogP contribution in [0.4, 0.5) is 0 Å². The Morgan fingerprint density at radius 2 is 1.85 bits per heavy atom. The van der Waals surface area contributed by atoms with Crippen molar-refractivity contribution in [2.45, 2.75) is 18.9 Å². The Bertz CT molecular complexity index is 936. The van der Waals surface area contributed by atoms with Gasteiger partial charge in [-0.25, -0.2) is 0 Å². The molecule has 1 unspecified atom stereocenters. The van der Waals surface area contributed by atoms with Crippen LogP contribution in [0.5, 0.6) is 0 Å². The van der Waals surface area contributed by atoms with Gasteiger partial charge in [-0.2, -0.15) is 0 Å². The number of hydrogen-bond acceptors (Lipinski definition) is 3. The van der Waals surface area contributed by atoms with Gasteiger partial charge in [-0.3, -0.25) is 4.79 Å². The lowest BCUT2D eigenvalue weighted by molar-refractivity contribution is 0.0606. The van der Waals surface area contributed by atoms with Crippen molar-refractivity contribution in [2.75, 3.05) is 19.6 Å². The van der Waals surface area contributed by atoms with Gasteiger partial charge in [0.2, 0.25) is 0 Å². The number of hydrogen-bond donors (Lipinski definition) is 2. The Hall–Kier alpha value is -2.79. The summed E-state index contributed by atoms with van der Waals surface area (Å²) in [5, 5.41) is 3.19. The highest BCUT2D eigenvalue weighted by Crippen LogP contribution is 2.32. The number of amides is 1. The molecular formula is C22H23N3O2. The molecule has 3 aliphatic rings. The van der Waals surface area contributed by atoms with Gasteiger partial charge in [-0.15, -0.1) is 0 Å². The standard InChI is InChI=1S/C22H23N3O2/c26-22(24-19-14-25-12-9-15(19)10-13-25)21-8-7-20(27-21)17-5-2-1-4-16(17)18-6-3-11-23-18/h1-8,11,15,19,23H,9-10,12-14H2,(H,24,26). The third kappa shape index (κ3) is 3.08. The highest BCUT2D eigenvalue weighted by molar-refractivity contribution is 5.92. The molecule has 0 saturated carbocycles. The van der Waals surface area contributed by atoms with Crippen LogP contribution in [0.15, 0.2) is 59.1 Å². The van der Waals surface area contributed by atoms with Crippen molar-refractivity contribution >= 4 is 5.91 Å². The maximum atomic E-state index is 12.7. The molecule has 2 aromatic heterocycles. The molecular weight excluding hydrogens is 338 g/mol. The van der Waals surface area contributed by atoms with E-state index in [0.717, 1.165) is 36.5 Å². The number of H-pyrrole nitrogens is 1. The van der Waals surface area contributed by atoms with E-state index in [1.54, 1.807) is 6.07 Å². The fraction of sp³-hybridized carbons (Fsp3) is 0.318. The van der Waals surface area contributed by atoms with Crippen LogP contribution in [0.25, 0.3) is 22.6 Å². The van der Waals surface area contributed by atoms with E-state index in [1.807, 2.05) is 42.6 Å². The van der Waals surface area contributed by atoms with Crippen LogP contribution in [-0.4, -0.2) is 41.5 Å². The zero-order valence-corrected chi connectivity index (χ0v) is 15.2. The predicted molar refractivity (Wildman–Crippen MR) is 104 cm³/mol. The molecule has 1 aromatic carbocycles. The molecule has 3 aliphatic heterocycles. The van der Waals surface area contributed by atoms with Gasteiger partial charge in [0.15, 0.2) is 5.76 Å². The van der Waals surface area contributed by atoms with Crippen molar-refractivity contribution in [1.29, 1.82) is 0 Å². The number of aromatic amines is 1. The van der Waals surface area contributed by atoms with Gasteiger partial charge < -0.3 is 19.6 Å². The summed E-state index contributed by atoms with van der Waals surface area (Å²) in [6, 6.07) is 16.0. The normalized spacial score (nSPS) is 24.1. The molecule has 3 aromatic rings. The van der Waals surface area contributed by atoms with E-state index in [1.165, 1.54) is 12.8 Å². The molecule has 1 amide bonds. The Balaban J connectivity index is 1.37. The summed E-state index contributed by atoms with van der Waals surface area (Å²) >= 11 is 0. The fourth-order valence-electron chi connectivity index (χ4n) is 4.40. The van der Waals surface area contributed by atoms with Crippen LogP contribution >= 0.6 is 0 Å². The van der Waals surface area contributed by atoms with E-state index in [9.17, 15) is 4.79 Å². The zero-order valence-electron chi connectivity index (χ0n) is 15.2. The van der Waals surface area contributed by atoms with Gasteiger partial charge in [0.1, 0.15) is 5.76 Å². The van der Waals surface area contributed by atoms with Crippen LogP contribution in [0.3, 0.4) is 0 Å². The summed E-state index contributed by atoms with van der Waals surface area (Å²) in [6.07, 6.45) is 4.26. The minimum absolute atomic E-state index is 0.114. The summed E-state index contributed by atoms with van der Waals surface area (Å²) in [5.74, 6) is 1.57. The van der Waals surface area contributed by atoms with Gasteiger partial charge in [0.05, 0.1) is 0 Å². The molecule has 3 fully saturated rings. The Kier molecular flexibility index (Phi) is 4.09. The quantitative estimate of drug-likeness (QED) is 0.744. The van der Waals surface area contributed by atoms with Gasteiger partial charge >= 0.3 is 0 Å². The first-order valence-electron chi connectivity index (χ1n) is 9.64.